The Kier molecular flexibility index (Phi) is 5.42. The van der Waals surface area contributed by atoms with Crippen molar-refractivity contribution in [3.8, 4) is 5.75 Å². The standard InChI is InChI=1S/C17H28OSi/c1-7-18-16-12-10-15(11-13-16)9-8-14-19(5,6)17(2,3)4/h8,10-14H,7,9H2,1-6H3/b14-8+. The molecule has 0 saturated heterocycles. The Hall–Kier alpha value is -1.02. The van der Waals surface area contributed by atoms with Crippen LogP contribution in [0.4, 0.5) is 0 Å². The minimum absolute atomic E-state index is 0.419. The van der Waals surface area contributed by atoms with Gasteiger partial charge in [0.05, 0.1) is 14.7 Å². The van der Waals surface area contributed by atoms with Crippen molar-refractivity contribution < 1.29 is 4.74 Å². The summed E-state index contributed by atoms with van der Waals surface area (Å²) in [6, 6.07) is 8.42. The molecule has 0 heterocycles. The highest BCUT2D eigenvalue weighted by Crippen LogP contribution is 2.36. The zero-order valence-corrected chi connectivity index (χ0v) is 14.3. The molecule has 1 nitrogen and oxygen atoms in total. The van der Waals surface area contributed by atoms with Crippen molar-refractivity contribution in [1.82, 2.24) is 0 Å². The zero-order chi connectivity index (χ0) is 14.5. The first-order valence-corrected chi connectivity index (χ1v) is 10.2. The summed E-state index contributed by atoms with van der Waals surface area (Å²) in [7, 11) is -1.29. The van der Waals surface area contributed by atoms with E-state index in [1.54, 1.807) is 0 Å². The Bertz CT molecular complexity index is 410. The van der Waals surface area contributed by atoms with Gasteiger partial charge in [0.1, 0.15) is 5.75 Å². The van der Waals surface area contributed by atoms with E-state index in [1.807, 2.05) is 6.92 Å². The Morgan fingerprint density at radius 2 is 1.68 bits per heavy atom. The molecule has 1 aromatic carbocycles. The van der Waals surface area contributed by atoms with E-state index in [-0.39, 0.29) is 0 Å². The van der Waals surface area contributed by atoms with Crippen LogP contribution in [0, 0.1) is 0 Å². The largest absolute Gasteiger partial charge is 0.494 e. The van der Waals surface area contributed by atoms with E-state index in [9.17, 15) is 0 Å². The predicted molar refractivity (Wildman–Crippen MR) is 87.7 cm³/mol. The third kappa shape index (κ3) is 4.87. The molecule has 0 aliphatic heterocycles. The quantitative estimate of drug-likeness (QED) is 0.669. The summed E-state index contributed by atoms with van der Waals surface area (Å²) in [5.74, 6) is 0.958. The van der Waals surface area contributed by atoms with Crippen molar-refractivity contribution in [3.05, 3.63) is 41.6 Å². The maximum absolute atomic E-state index is 5.45. The lowest BCUT2D eigenvalue weighted by molar-refractivity contribution is 0.340. The van der Waals surface area contributed by atoms with Crippen molar-refractivity contribution in [2.24, 2.45) is 0 Å². The molecule has 1 rings (SSSR count). The first-order chi connectivity index (χ1) is 8.76. The summed E-state index contributed by atoms with van der Waals surface area (Å²) in [4.78, 5) is 0. The monoisotopic (exact) mass is 276 g/mol. The van der Waals surface area contributed by atoms with Crippen molar-refractivity contribution in [3.63, 3.8) is 0 Å². The van der Waals surface area contributed by atoms with Gasteiger partial charge in [-0.3, -0.25) is 0 Å². The van der Waals surface area contributed by atoms with Crippen LogP contribution >= 0.6 is 0 Å². The normalized spacial score (nSPS) is 12.9. The Balaban J connectivity index is 2.62. The van der Waals surface area contributed by atoms with Gasteiger partial charge in [-0.25, -0.2) is 0 Å². The van der Waals surface area contributed by atoms with Crippen molar-refractivity contribution in [2.45, 2.75) is 52.2 Å². The third-order valence-electron chi connectivity index (χ3n) is 4.06. The molecule has 2 heteroatoms. The SMILES string of the molecule is CCOc1ccc(C/C=C/[Si](C)(C)C(C)(C)C)cc1. The molecule has 1 aromatic rings. The van der Waals surface area contributed by atoms with Crippen molar-refractivity contribution in [1.29, 1.82) is 0 Å². The molecule has 0 atom stereocenters. The maximum atomic E-state index is 5.45. The van der Waals surface area contributed by atoms with Crippen molar-refractivity contribution in [2.75, 3.05) is 6.61 Å². The predicted octanol–water partition coefficient (Wildman–Crippen LogP) is 5.23. The second kappa shape index (κ2) is 6.42. The summed E-state index contributed by atoms with van der Waals surface area (Å²) >= 11 is 0. The van der Waals surface area contributed by atoms with Gasteiger partial charge in [0.2, 0.25) is 0 Å². The van der Waals surface area contributed by atoms with Crippen LogP contribution in [-0.2, 0) is 6.42 Å². The third-order valence-corrected chi connectivity index (χ3v) is 8.99. The average molecular weight is 276 g/mol. The smallest absolute Gasteiger partial charge is 0.119 e. The van der Waals surface area contributed by atoms with Crippen LogP contribution in [0.1, 0.15) is 33.3 Å². The highest BCUT2D eigenvalue weighted by Gasteiger charge is 2.31. The van der Waals surface area contributed by atoms with Crippen LogP contribution in [-0.4, -0.2) is 14.7 Å². The molecular weight excluding hydrogens is 248 g/mol. The molecule has 0 fully saturated rings. The van der Waals surface area contributed by atoms with Gasteiger partial charge in [-0.1, -0.05) is 57.8 Å². The van der Waals surface area contributed by atoms with E-state index < -0.39 is 8.07 Å². The Labute approximate surface area is 119 Å². The number of hydrogen-bond donors (Lipinski definition) is 0. The van der Waals surface area contributed by atoms with Crippen LogP contribution in [0.2, 0.25) is 18.1 Å². The van der Waals surface area contributed by atoms with E-state index in [1.165, 1.54) is 5.56 Å². The summed E-state index contributed by atoms with van der Waals surface area (Å²) in [5, 5.41) is 0.419. The molecule has 0 unspecified atom stereocenters. The van der Waals surface area contributed by atoms with Crippen LogP contribution in [0.5, 0.6) is 5.75 Å². The van der Waals surface area contributed by atoms with Crippen LogP contribution in [0.3, 0.4) is 0 Å². The summed E-state index contributed by atoms with van der Waals surface area (Å²) in [5.41, 5.74) is 3.82. The van der Waals surface area contributed by atoms with Crippen LogP contribution in [0.25, 0.3) is 0 Å². The van der Waals surface area contributed by atoms with Gasteiger partial charge < -0.3 is 4.74 Å². The van der Waals surface area contributed by atoms with Crippen molar-refractivity contribution >= 4 is 8.07 Å². The van der Waals surface area contributed by atoms with Gasteiger partial charge in [0, 0.05) is 0 Å². The number of allylic oxidation sites excluding steroid dienone is 1. The van der Waals surface area contributed by atoms with Gasteiger partial charge >= 0.3 is 0 Å². The van der Waals surface area contributed by atoms with Crippen LogP contribution < -0.4 is 4.74 Å². The second-order valence-electron chi connectivity index (χ2n) is 6.66. The lowest BCUT2D eigenvalue weighted by Crippen LogP contribution is -2.34. The molecule has 0 saturated carbocycles. The molecule has 0 N–H and O–H groups in total. The molecule has 106 valence electrons. The molecule has 0 aliphatic carbocycles. The Morgan fingerprint density at radius 3 is 2.16 bits per heavy atom. The van der Waals surface area contributed by atoms with E-state index in [0.29, 0.717) is 5.04 Å². The number of hydrogen-bond acceptors (Lipinski definition) is 1. The number of ether oxygens (including phenoxy) is 1. The van der Waals surface area contributed by atoms with E-state index in [4.69, 9.17) is 4.74 Å². The minimum atomic E-state index is -1.29. The van der Waals surface area contributed by atoms with Gasteiger partial charge in [-0.2, -0.15) is 0 Å². The van der Waals surface area contributed by atoms with Gasteiger partial charge in [-0.05, 0) is 36.1 Å². The number of rotatable bonds is 5. The molecule has 0 bridgehead atoms. The van der Waals surface area contributed by atoms with Gasteiger partial charge in [-0.15, -0.1) is 0 Å². The van der Waals surface area contributed by atoms with Gasteiger partial charge in [0.15, 0.2) is 0 Å². The minimum Gasteiger partial charge on any atom is -0.494 e. The zero-order valence-electron chi connectivity index (χ0n) is 13.3. The maximum Gasteiger partial charge on any atom is 0.119 e. The fourth-order valence-electron chi connectivity index (χ4n) is 1.63. The lowest BCUT2D eigenvalue weighted by Gasteiger charge is -2.34. The molecular formula is C17H28OSi. The fraction of sp³-hybridized carbons (Fsp3) is 0.529. The first-order valence-electron chi connectivity index (χ1n) is 7.16. The molecule has 0 amide bonds. The molecule has 0 radical (unpaired) electrons. The number of benzene rings is 1. The van der Waals surface area contributed by atoms with Gasteiger partial charge in [0.25, 0.3) is 0 Å². The van der Waals surface area contributed by atoms with E-state index in [0.717, 1.165) is 18.8 Å². The Morgan fingerprint density at radius 1 is 1.11 bits per heavy atom. The molecule has 19 heavy (non-hydrogen) atoms. The highest BCUT2D eigenvalue weighted by atomic mass is 28.3. The van der Waals surface area contributed by atoms with Crippen LogP contribution in [0.15, 0.2) is 36.0 Å². The average Bonchev–Trinajstić information content (AvgIpc) is 2.30. The summed E-state index contributed by atoms with van der Waals surface area (Å²) < 4.78 is 5.45. The second-order valence-corrected chi connectivity index (χ2v) is 11.9. The van der Waals surface area contributed by atoms with E-state index >= 15 is 0 Å². The molecule has 0 spiro atoms. The molecule has 0 aromatic heterocycles. The highest BCUT2D eigenvalue weighted by molar-refractivity contribution is 6.84. The topological polar surface area (TPSA) is 9.23 Å². The lowest BCUT2D eigenvalue weighted by atomic mass is 10.1. The first kappa shape index (κ1) is 16.0. The summed E-state index contributed by atoms with van der Waals surface area (Å²) in [6.45, 7) is 14.6. The molecule has 0 aliphatic rings. The summed E-state index contributed by atoms with van der Waals surface area (Å²) in [6.07, 6.45) is 3.35. The van der Waals surface area contributed by atoms with E-state index in [2.05, 4.69) is 69.9 Å². The fourth-order valence-corrected chi connectivity index (χ4v) is 2.84.